The molecule has 3 heterocycles. The first kappa shape index (κ1) is 20.9. The third-order valence-corrected chi connectivity index (χ3v) is 6.02. The third kappa shape index (κ3) is 3.95. The molecule has 0 fully saturated rings. The van der Waals surface area contributed by atoms with Crippen LogP contribution in [0.3, 0.4) is 0 Å². The van der Waals surface area contributed by atoms with E-state index in [1.807, 2.05) is 72.8 Å². The van der Waals surface area contributed by atoms with Crippen LogP contribution in [-0.4, -0.2) is 25.4 Å². The third-order valence-electron chi connectivity index (χ3n) is 6.02. The molecule has 3 aromatic heterocycles. The van der Waals surface area contributed by atoms with Crippen molar-refractivity contribution in [3.8, 4) is 0 Å². The number of H-pyrrole nitrogens is 1. The van der Waals surface area contributed by atoms with Crippen molar-refractivity contribution in [3.63, 3.8) is 0 Å². The molecule has 8 heteroatoms. The van der Waals surface area contributed by atoms with Gasteiger partial charge >= 0.3 is 0 Å². The molecule has 0 aliphatic carbocycles. The lowest BCUT2D eigenvalue weighted by molar-refractivity contribution is -0.122. The van der Waals surface area contributed by atoms with Crippen molar-refractivity contribution < 1.29 is 9.21 Å². The number of nitrogens with one attached hydrogen (secondary N) is 2. The highest BCUT2D eigenvalue weighted by Gasteiger charge is 2.21. The van der Waals surface area contributed by atoms with E-state index in [-0.39, 0.29) is 18.0 Å². The smallest absolute Gasteiger partial charge is 0.297 e. The van der Waals surface area contributed by atoms with E-state index in [1.54, 1.807) is 6.07 Å². The number of aromatic nitrogens is 4. The quantitative estimate of drug-likeness (QED) is 0.387. The Bertz CT molecular complexity index is 1700. The van der Waals surface area contributed by atoms with Crippen LogP contribution in [0.4, 0.5) is 0 Å². The molecule has 0 radical (unpaired) electrons. The zero-order valence-electron chi connectivity index (χ0n) is 18.6. The van der Waals surface area contributed by atoms with Crippen LogP contribution in [0.2, 0.25) is 0 Å². The van der Waals surface area contributed by atoms with Gasteiger partial charge in [0.1, 0.15) is 23.5 Å². The van der Waals surface area contributed by atoms with Gasteiger partial charge in [0.2, 0.25) is 11.5 Å². The summed E-state index contributed by atoms with van der Waals surface area (Å²) in [5, 5.41) is 3.81. The Morgan fingerprint density at radius 2 is 1.77 bits per heavy atom. The fraction of sp³-hybridized carbons (Fsp3) is 0.111. The van der Waals surface area contributed by atoms with E-state index in [9.17, 15) is 9.59 Å². The Hall–Kier alpha value is -4.72. The van der Waals surface area contributed by atoms with E-state index in [1.165, 1.54) is 10.9 Å². The lowest BCUT2D eigenvalue weighted by atomic mass is 10.1. The molecule has 0 aliphatic heterocycles. The zero-order chi connectivity index (χ0) is 23.8. The SMILES string of the molecule is O=C(Cn1cnc2c(oc3ccccc32)c1=O)NC(Cc1ccccc1)c1nc2ccccc2[nH]1. The molecule has 0 saturated carbocycles. The van der Waals surface area contributed by atoms with Crippen LogP contribution in [0.25, 0.3) is 33.1 Å². The lowest BCUT2D eigenvalue weighted by Crippen LogP contribution is -2.36. The molecular formula is C27H21N5O3. The highest BCUT2D eigenvalue weighted by molar-refractivity contribution is 6.01. The van der Waals surface area contributed by atoms with Crippen LogP contribution in [0.15, 0.2) is 94.4 Å². The molecule has 6 aromatic rings. The van der Waals surface area contributed by atoms with Gasteiger partial charge < -0.3 is 14.7 Å². The van der Waals surface area contributed by atoms with Crippen molar-refractivity contribution in [3.05, 3.63) is 107 Å². The van der Waals surface area contributed by atoms with E-state index in [0.717, 1.165) is 22.0 Å². The van der Waals surface area contributed by atoms with Crippen LogP contribution in [-0.2, 0) is 17.8 Å². The first-order valence-electron chi connectivity index (χ1n) is 11.3. The van der Waals surface area contributed by atoms with E-state index >= 15 is 0 Å². The maximum atomic E-state index is 13.1. The molecule has 8 nitrogen and oxygen atoms in total. The van der Waals surface area contributed by atoms with Crippen molar-refractivity contribution in [2.75, 3.05) is 0 Å². The first-order chi connectivity index (χ1) is 17.2. The van der Waals surface area contributed by atoms with Gasteiger partial charge in [0.05, 0.1) is 23.4 Å². The second-order valence-electron chi connectivity index (χ2n) is 8.40. The van der Waals surface area contributed by atoms with Crippen LogP contribution in [0.1, 0.15) is 17.4 Å². The van der Waals surface area contributed by atoms with Crippen molar-refractivity contribution in [2.24, 2.45) is 0 Å². The summed E-state index contributed by atoms with van der Waals surface area (Å²) < 4.78 is 6.99. The molecule has 3 aromatic carbocycles. The lowest BCUT2D eigenvalue weighted by Gasteiger charge is -2.17. The molecule has 0 saturated heterocycles. The maximum absolute atomic E-state index is 13.1. The topological polar surface area (TPSA) is 106 Å². The molecule has 172 valence electrons. The highest BCUT2D eigenvalue weighted by atomic mass is 16.3. The van der Waals surface area contributed by atoms with Crippen molar-refractivity contribution in [1.29, 1.82) is 0 Å². The van der Waals surface area contributed by atoms with E-state index < -0.39 is 11.6 Å². The predicted octanol–water partition coefficient (Wildman–Crippen LogP) is 4.12. The molecule has 0 spiro atoms. The fourth-order valence-electron chi connectivity index (χ4n) is 4.33. The second-order valence-corrected chi connectivity index (χ2v) is 8.40. The summed E-state index contributed by atoms with van der Waals surface area (Å²) in [4.78, 5) is 38.5. The van der Waals surface area contributed by atoms with Crippen LogP contribution in [0, 0.1) is 0 Å². The largest absolute Gasteiger partial charge is 0.448 e. The summed E-state index contributed by atoms with van der Waals surface area (Å²) in [6.07, 6.45) is 1.93. The highest BCUT2D eigenvalue weighted by Crippen LogP contribution is 2.24. The van der Waals surface area contributed by atoms with Crippen molar-refractivity contribution >= 4 is 39.0 Å². The Morgan fingerprint density at radius 3 is 2.63 bits per heavy atom. The molecule has 2 N–H and O–H groups in total. The van der Waals surface area contributed by atoms with Crippen molar-refractivity contribution in [2.45, 2.75) is 19.0 Å². The van der Waals surface area contributed by atoms with Crippen LogP contribution < -0.4 is 10.9 Å². The molecule has 6 rings (SSSR count). The van der Waals surface area contributed by atoms with E-state index in [4.69, 9.17) is 4.42 Å². The maximum Gasteiger partial charge on any atom is 0.297 e. The monoisotopic (exact) mass is 463 g/mol. The number of furan rings is 1. The number of benzene rings is 3. The Morgan fingerprint density at radius 1 is 1.00 bits per heavy atom. The minimum Gasteiger partial charge on any atom is -0.448 e. The van der Waals surface area contributed by atoms with Gasteiger partial charge in [-0.1, -0.05) is 54.6 Å². The summed E-state index contributed by atoms with van der Waals surface area (Å²) in [6.45, 7) is -0.190. The second kappa shape index (κ2) is 8.57. The van der Waals surface area contributed by atoms with Crippen LogP contribution >= 0.6 is 0 Å². The number of aromatic amines is 1. The van der Waals surface area contributed by atoms with Gasteiger partial charge in [0.15, 0.2) is 0 Å². The number of para-hydroxylation sites is 3. The molecule has 0 aliphatic rings. The number of fused-ring (bicyclic) bond motifs is 4. The number of amides is 1. The molecule has 1 unspecified atom stereocenters. The Labute approximate surface area is 199 Å². The van der Waals surface area contributed by atoms with Gasteiger partial charge in [0.25, 0.3) is 5.56 Å². The molecular weight excluding hydrogens is 442 g/mol. The summed E-state index contributed by atoms with van der Waals surface area (Å²) in [5.41, 5.74) is 3.59. The summed E-state index contributed by atoms with van der Waals surface area (Å²) in [6, 6.07) is 24.5. The first-order valence-corrected chi connectivity index (χ1v) is 11.3. The molecule has 0 bridgehead atoms. The number of hydrogen-bond acceptors (Lipinski definition) is 5. The number of carbonyl (C=O) groups excluding carboxylic acids is 1. The predicted molar refractivity (Wildman–Crippen MR) is 133 cm³/mol. The minimum absolute atomic E-state index is 0.139. The van der Waals surface area contributed by atoms with Gasteiger partial charge in [-0.15, -0.1) is 0 Å². The molecule has 1 atom stereocenters. The normalized spacial score (nSPS) is 12.3. The molecule has 35 heavy (non-hydrogen) atoms. The fourth-order valence-corrected chi connectivity index (χ4v) is 4.33. The Balaban J connectivity index is 1.29. The van der Waals surface area contributed by atoms with Gasteiger partial charge in [-0.3, -0.25) is 14.2 Å². The standard InChI is InChI=1S/C27H21N5O3/c33-23(15-32-16-28-24-18-10-4-7-13-22(18)35-25(24)27(32)34)29-21(14-17-8-2-1-3-9-17)26-30-19-11-5-6-12-20(19)31-26/h1-13,16,21H,14-15H2,(H,29,33)(H,30,31). The van der Waals surface area contributed by atoms with Gasteiger partial charge in [-0.2, -0.15) is 0 Å². The number of rotatable bonds is 6. The summed E-state index contributed by atoms with van der Waals surface area (Å²) >= 11 is 0. The number of nitrogens with zero attached hydrogens (tertiary/aromatic N) is 3. The molecule has 1 amide bonds. The number of hydrogen-bond donors (Lipinski definition) is 2. The minimum atomic E-state index is -0.407. The average Bonchev–Trinajstić information content (AvgIpc) is 3.48. The zero-order valence-corrected chi connectivity index (χ0v) is 18.6. The van der Waals surface area contributed by atoms with E-state index in [0.29, 0.717) is 23.3 Å². The number of imidazole rings is 1. The van der Waals surface area contributed by atoms with Gasteiger partial charge in [0, 0.05) is 5.39 Å². The van der Waals surface area contributed by atoms with E-state index in [2.05, 4.69) is 20.3 Å². The summed E-state index contributed by atoms with van der Waals surface area (Å²) in [5.74, 6) is 0.326. The van der Waals surface area contributed by atoms with Crippen molar-refractivity contribution in [1.82, 2.24) is 24.8 Å². The van der Waals surface area contributed by atoms with Crippen LogP contribution in [0.5, 0.6) is 0 Å². The van der Waals surface area contributed by atoms with Gasteiger partial charge in [-0.25, -0.2) is 9.97 Å². The Kier molecular flexibility index (Phi) is 5.11. The summed E-state index contributed by atoms with van der Waals surface area (Å²) in [7, 11) is 0. The number of carbonyl (C=O) groups is 1. The van der Waals surface area contributed by atoms with Gasteiger partial charge in [-0.05, 0) is 36.2 Å². The average molecular weight is 463 g/mol.